The monoisotopic (exact) mass is 392 g/mol. The summed E-state index contributed by atoms with van der Waals surface area (Å²) in [6.07, 6.45) is 0. The van der Waals surface area contributed by atoms with Crippen LogP contribution in [0.2, 0.25) is 0 Å². The number of primary amides is 1. The molecular weight excluding hydrogens is 374 g/mol. The Balaban J connectivity index is 1.94. The average molecular weight is 392 g/mol. The third kappa shape index (κ3) is 5.76. The second kappa shape index (κ2) is 9.45. The second-order valence-corrected chi connectivity index (χ2v) is 5.78. The Morgan fingerprint density at radius 2 is 1.82 bits per heavy atom. The van der Waals surface area contributed by atoms with Crippen molar-refractivity contribution in [3.8, 4) is 5.75 Å². The zero-order chi connectivity index (χ0) is 20.7. The Morgan fingerprint density at radius 3 is 2.50 bits per heavy atom. The number of amides is 2. The molecule has 2 rings (SSSR count). The molecule has 2 aromatic carbocycles. The molecule has 0 fully saturated rings. The van der Waals surface area contributed by atoms with E-state index >= 15 is 0 Å². The van der Waals surface area contributed by atoms with Gasteiger partial charge in [0.15, 0.2) is 13.2 Å². The highest BCUT2D eigenvalue weighted by Gasteiger charge is 2.18. The minimum atomic E-state index is -0.851. The number of carbonyl (C=O) groups excluding carboxylic acids is 3. The summed E-state index contributed by atoms with van der Waals surface area (Å²) < 4.78 is 36.7. The molecule has 3 N–H and O–H groups in total. The Morgan fingerprint density at radius 1 is 1.11 bits per heavy atom. The van der Waals surface area contributed by atoms with Gasteiger partial charge < -0.3 is 20.5 Å². The first-order valence-corrected chi connectivity index (χ1v) is 8.19. The second-order valence-electron chi connectivity index (χ2n) is 5.78. The minimum Gasteiger partial charge on any atom is -0.483 e. The molecule has 0 aromatic heterocycles. The van der Waals surface area contributed by atoms with Crippen molar-refractivity contribution >= 4 is 17.8 Å². The van der Waals surface area contributed by atoms with Gasteiger partial charge in [-0.1, -0.05) is 18.2 Å². The number of ether oxygens (including phenoxy) is 2. The topological polar surface area (TPSA) is 108 Å². The number of hydrogen-bond donors (Lipinski definition) is 2. The Kier molecular flexibility index (Phi) is 7.02. The van der Waals surface area contributed by atoms with Crippen LogP contribution in [0.1, 0.15) is 28.9 Å². The van der Waals surface area contributed by atoms with Crippen molar-refractivity contribution in [1.82, 2.24) is 5.32 Å². The van der Waals surface area contributed by atoms with Crippen LogP contribution in [-0.2, 0) is 14.3 Å². The van der Waals surface area contributed by atoms with Crippen molar-refractivity contribution in [3.63, 3.8) is 0 Å². The van der Waals surface area contributed by atoms with E-state index in [-0.39, 0.29) is 16.9 Å². The van der Waals surface area contributed by atoms with Crippen LogP contribution in [0.4, 0.5) is 8.78 Å². The zero-order valence-electron chi connectivity index (χ0n) is 14.9. The van der Waals surface area contributed by atoms with Crippen LogP contribution < -0.4 is 15.8 Å². The van der Waals surface area contributed by atoms with E-state index in [0.717, 1.165) is 6.07 Å². The summed E-state index contributed by atoms with van der Waals surface area (Å²) in [5, 5.41) is 2.45. The molecule has 2 aromatic rings. The Labute approximate surface area is 159 Å². The number of carbonyl (C=O) groups is 3. The van der Waals surface area contributed by atoms with Crippen LogP contribution in [0, 0.1) is 11.6 Å². The molecule has 1 atom stereocenters. The van der Waals surface area contributed by atoms with E-state index in [1.54, 1.807) is 12.1 Å². The van der Waals surface area contributed by atoms with E-state index in [2.05, 4.69) is 5.32 Å². The van der Waals surface area contributed by atoms with E-state index in [4.69, 9.17) is 15.2 Å². The van der Waals surface area contributed by atoms with Crippen LogP contribution in [0.25, 0.3) is 0 Å². The highest BCUT2D eigenvalue weighted by Crippen LogP contribution is 2.19. The van der Waals surface area contributed by atoms with Gasteiger partial charge in [0.25, 0.3) is 11.8 Å². The van der Waals surface area contributed by atoms with Gasteiger partial charge in [-0.2, -0.15) is 0 Å². The molecule has 0 heterocycles. The first-order valence-electron chi connectivity index (χ1n) is 8.19. The molecular formula is C19H18F2N2O5. The zero-order valence-corrected chi connectivity index (χ0v) is 14.9. The highest BCUT2D eigenvalue weighted by atomic mass is 19.1. The van der Waals surface area contributed by atoms with Crippen molar-refractivity contribution < 1.29 is 32.6 Å². The molecule has 148 valence electrons. The van der Waals surface area contributed by atoms with Gasteiger partial charge in [-0.15, -0.1) is 0 Å². The molecule has 0 spiro atoms. The van der Waals surface area contributed by atoms with Crippen molar-refractivity contribution in [1.29, 1.82) is 0 Å². The first kappa shape index (κ1) is 20.8. The summed E-state index contributed by atoms with van der Waals surface area (Å²) in [4.78, 5) is 34.9. The van der Waals surface area contributed by atoms with Crippen molar-refractivity contribution in [2.24, 2.45) is 5.73 Å². The Bertz CT molecular complexity index is 888. The van der Waals surface area contributed by atoms with Gasteiger partial charge in [0.05, 0.1) is 6.04 Å². The highest BCUT2D eigenvalue weighted by molar-refractivity contribution is 5.94. The van der Waals surface area contributed by atoms with Gasteiger partial charge in [-0.25, -0.2) is 13.6 Å². The largest absolute Gasteiger partial charge is 0.483 e. The number of halogens is 2. The number of hydrogen-bond acceptors (Lipinski definition) is 5. The fourth-order valence-electron chi connectivity index (χ4n) is 2.33. The normalized spacial score (nSPS) is 11.4. The maximum Gasteiger partial charge on any atom is 0.342 e. The molecule has 0 saturated carbocycles. The average Bonchev–Trinajstić information content (AvgIpc) is 2.64. The lowest BCUT2D eigenvalue weighted by Crippen LogP contribution is -2.31. The van der Waals surface area contributed by atoms with Crippen LogP contribution in [-0.4, -0.2) is 31.0 Å². The summed E-state index contributed by atoms with van der Waals surface area (Å²) in [6, 6.07) is 8.20. The van der Waals surface area contributed by atoms with Crippen LogP contribution in [0.5, 0.6) is 5.75 Å². The quantitative estimate of drug-likeness (QED) is 0.667. The van der Waals surface area contributed by atoms with E-state index in [0.29, 0.717) is 6.07 Å². The lowest BCUT2D eigenvalue weighted by Gasteiger charge is -2.15. The van der Waals surface area contributed by atoms with Gasteiger partial charge in [0.2, 0.25) is 0 Å². The van der Waals surface area contributed by atoms with Gasteiger partial charge >= 0.3 is 5.97 Å². The lowest BCUT2D eigenvalue weighted by molar-refractivity contribution is -0.124. The van der Waals surface area contributed by atoms with Crippen LogP contribution in [0.15, 0.2) is 42.5 Å². The molecule has 0 aliphatic rings. The van der Waals surface area contributed by atoms with E-state index in [9.17, 15) is 23.2 Å². The van der Waals surface area contributed by atoms with Crippen molar-refractivity contribution in [2.75, 3.05) is 13.2 Å². The molecule has 28 heavy (non-hydrogen) atoms. The van der Waals surface area contributed by atoms with Crippen molar-refractivity contribution in [3.05, 3.63) is 65.2 Å². The molecule has 0 aliphatic carbocycles. The minimum absolute atomic E-state index is 0.00850. The summed E-state index contributed by atoms with van der Waals surface area (Å²) in [5.41, 5.74) is 5.10. The number of esters is 1. The number of nitrogens with one attached hydrogen (secondary N) is 1. The maximum atomic E-state index is 13.7. The molecule has 9 heteroatoms. The number of para-hydroxylation sites is 1. The van der Waals surface area contributed by atoms with Gasteiger partial charge in [0, 0.05) is 11.6 Å². The van der Waals surface area contributed by atoms with Crippen LogP contribution in [0.3, 0.4) is 0 Å². The van der Waals surface area contributed by atoms with Gasteiger partial charge in [-0.3, -0.25) is 9.59 Å². The summed E-state index contributed by atoms with van der Waals surface area (Å²) in [5.74, 6) is -3.70. The van der Waals surface area contributed by atoms with Gasteiger partial charge in [-0.05, 0) is 25.1 Å². The van der Waals surface area contributed by atoms with E-state index in [1.165, 1.54) is 25.1 Å². The molecule has 7 nitrogen and oxygen atoms in total. The smallest absolute Gasteiger partial charge is 0.342 e. The SMILES string of the molecule is C[C@H](NC(=O)COC(=O)c1ccccc1OCC(N)=O)c1ccc(F)cc1F. The van der Waals surface area contributed by atoms with Gasteiger partial charge in [0.1, 0.15) is 22.9 Å². The fourth-order valence-corrected chi connectivity index (χ4v) is 2.33. The molecule has 0 radical (unpaired) electrons. The fraction of sp³-hybridized carbons (Fsp3) is 0.211. The predicted molar refractivity (Wildman–Crippen MR) is 94.3 cm³/mol. The molecule has 2 amide bonds. The summed E-state index contributed by atoms with van der Waals surface area (Å²) >= 11 is 0. The lowest BCUT2D eigenvalue weighted by atomic mass is 10.1. The summed E-state index contributed by atoms with van der Waals surface area (Å²) in [7, 11) is 0. The molecule has 0 aliphatic heterocycles. The third-order valence-corrected chi connectivity index (χ3v) is 3.62. The van der Waals surface area contributed by atoms with E-state index in [1.807, 2.05) is 0 Å². The molecule has 0 unspecified atom stereocenters. The number of nitrogens with two attached hydrogens (primary N) is 1. The van der Waals surface area contributed by atoms with Crippen LogP contribution >= 0.6 is 0 Å². The third-order valence-electron chi connectivity index (χ3n) is 3.62. The predicted octanol–water partition coefficient (Wildman–Crippen LogP) is 1.86. The summed E-state index contributed by atoms with van der Waals surface area (Å²) in [6.45, 7) is 0.449. The Hall–Kier alpha value is -3.49. The molecule has 0 saturated heterocycles. The first-order chi connectivity index (χ1) is 13.3. The number of rotatable bonds is 8. The van der Waals surface area contributed by atoms with E-state index < -0.39 is 48.7 Å². The maximum absolute atomic E-state index is 13.7. The number of benzene rings is 2. The van der Waals surface area contributed by atoms with Crippen molar-refractivity contribution in [2.45, 2.75) is 13.0 Å². The standard InChI is InChI=1S/C19H18F2N2O5/c1-11(13-7-6-12(20)8-15(13)21)23-18(25)10-28-19(26)14-4-2-3-5-16(14)27-9-17(22)24/h2-8,11H,9-10H2,1H3,(H2,22,24)(H,23,25)/t11-/m0/s1. The molecule has 0 bridgehead atoms.